The SMILES string of the molecule is C#C.C#C.C=C.COc1c[nH]c(=O)c2cc(Cl)ccc12.Cc1cc(NC(C)C(C)(C)C)cc(C)n1.O=CN1CCC[C@H]1C(=O)NC1CC1.O=CNSC1CC1. The Morgan fingerprint density at radius 1 is 1.04 bits per heavy atom. The summed E-state index contributed by atoms with van der Waals surface area (Å²) < 4.78 is 7.66. The lowest BCUT2D eigenvalue weighted by atomic mass is 9.88. The molecule has 3 fully saturated rings. The molecule has 0 radical (unpaired) electrons. The molecule has 11 nitrogen and oxygen atoms in total. The van der Waals surface area contributed by atoms with Crippen molar-refractivity contribution in [3.05, 3.63) is 76.5 Å². The summed E-state index contributed by atoms with van der Waals surface area (Å²) in [5, 5.41) is 9.01. The van der Waals surface area contributed by atoms with Gasteiger partial charge in [-0.1, -0.05) is 32.4 Å². The number of H-pyrrole nitrogens is 1. The number of nitrogens with one attached hydrogen (secondary N) is 4. The van der Waals surface area contributed by atoms with Crippen molar-refractivity contribution in [2.45, 2.75) is 103 Å². The molecule has 1 aromatic carbocycles. The molecule has 4 N–H and O–H groups in total. The van der Waals surface area contributed by atoms with Gasteiger partial charge in [-0.05, 0) is 107 Å². The average molecular weight is 795 g/mol. The number of aromatic amines is 1. The first-order chi connectivity index (χ1) is 26.2. The predicted molar refractivity (Wildman–Crippen MR) is 230 cm³/mol. The highest BCUT2D eigenvalue weighted by Crippen LogP contribution is 2.31. The second-order valence-corrected chi connectivity index (χ2v) is 15.2. The molecule has 0 bridgehead atoms. The third-order valence-electron chi connectivity index (χ3n) is 8.27. The van der Waals surface area contributed by atoms with E-state index in [1.54, 1.807) is 36.4 Å². The average Bonchev–Trinajstić information content (AvgIpc) is 4.12. The van der Waals surface area contributed by atoms with E-state index in [4.69, 9.17) is 16.3 Å². The van der Waals surface area contributed by atoms with Crippen LogP contribution in [0.15, 0.2) is 54.5 Å². The number of methoxy groups -OCH3 is 1. The zero-order chi connectivity index (χ0) is 42.1. The summed E-state index contributed by atoms with van der Waals surface area (Å²) in [5.74, 6) is 0.670. The number of rotatable bonds is 9. The van der Waals surface area contributed by atoms with Gasteiger partial charge in [0.1, 0.15) is 11.8 Å². The summed E-state index contributed by atoms with van der Waals surface area (Å²) in [5.41, 5.74) is 3.41. The number of aryl methyl sites for hydroxylation is 2. The van der Waals surface area contributed by atoms with Crippen LogP contribution in [0.1, 0.15) is 77.6 Å². The number of nitrogens with zero attached hydrogens (tertiary/aromatic N) is 2. The summed E-state index contributed by atoms with van der Waals surface area (Å²) in [6.45, 7) is 19.7. The quantitative estimate of drug-likeness (QED) is 0.0756. The van der Waals surface area contributed by atoms with Crippen LogP contribution in [0.5, 0.6) is 5.75 Å². The van der Waals surface area contributed by atoms with E-state index in [9.17, 15) is 19.2 Å². The van der Waals surface area contributed by atoms with Gasteiger partial charge >= 0.3 is 0 Å². The molecule has 3 heterocycles. The van der Waals surface area contributed by atoms with Crippen LogP contribution >= 0.6 is 23.5 Å². The number of likely N-dealkylation sites (tertiary alicyclic amines) is 1. The molecule has 2 aliphatic carbocycles. The van der Waals surface area contributed by atoms with Crippen molar-refractivity contribution in [2.24, 2.45) is 5.41 Å². The highest BCUT2D eigenvalue weighted by atomic mass is 35.5. The number of hydrogen-bond acceptors (Lipinski definition) is 8. The van der Waals surface area contributed by atoms with Crippen molar-refractivity contribution >= 4 is 58.7 Å². The van der Waals surface area contributed by atoms with E-state index in [1.165, 1.54) is 30.5 Å². The van der Waals surface area contributed by atoms with Gasteiger partial charge in [0.05, 0.1) is 12.5 Å². The zero-order valence-electron chi connectivity index (χ0n) is 33.3. The number of ether oxygens (including phenoxy) is 1. The Morgan fingerprint density at radius 2 is 1.64 bits per heavy atom. The van der Waals surface area contributed by atoms with Crippen molar-refractivity contribution in [1.82, 2.24) is 24.9 Å². The van der Waals surface area contributed by atoms with Gasteiger partial charge in [0.25, 0.3) is 5.56 Å². The van der Waals surface area contributed by atoms with E-state index in [0.29, 0.717) is 28.2 Å². The summed E-state index contributed by atoms with van der Waals surface area (Å²) in [6.07, 6.45) is 25.5. The van der Waals surface area contributed by atoms with Crippen LogP contribution in [-0.4, -0.2) is 70.6 Å². The van der Waals surface area contributed by atoms with Crippen LogP contribution in [0, 0.1) is 45.0 Å². The Kier molecular flexibility index (Phi) is 24.4. The van der Waals surface area contributed by atoms with Crippen LogP contribution in [0.3, 0.4) is 0 Å². The Labute approximate surface area is 337 Å². The first kappa shape index (κ1) is 50.1. The van der Waals surface area contributed by atoms with Gasteiger partial charge in [0.2, 0.25) is 18.7 Å². The fourth-order valence-electron chi connectivity index (χ4n) is 4.79. The lowest BCUT2D eigenvalue weighted by Gasteiger charge is -2.29. The zero-order valence-corrected chi connectivity index (χ0v) is 34.9. The smallest absolute Gasteiger partial charge is 0.256 e. The van der Waals surface area contributed by atoms with E-state index < -0.39 is 0 Å². The van der Waals surface area contributed by atoms with Crippen molar-refractivity contribution in [3.8, 4) is 31.4 Å². The number of anilines is 1. The Hall–Kier alpha value is -4.91. The predicted octanol–water partition coefficient (Wildman–Crippen LogP) is 7.46. The van der Waals surface area contributed by atoms with E-state index in [-0.39, 0.29) is 22.9 Å². The van der Waals surface area contributed by atoms with E-state index in [1.807, 2.05) is 13.8 Å². The molecule has 2 saturated carbocycles. The molecular weight excluding hydrogens is 736 g/mol. The lowest BCUT2D eigenvalue weighted by molar-refractivity contribution is -0.131. The highest BCUT2D eigenvalue weighted by Gasteiger charge is 2.33. The van der Waals surface area contributed by atoms with E-state index in [2.05, 4.69) is 104 Å². The molecule has 13 heteroatoms. The first-order valence-electron chi connectivity index (χ1n) is 17.8. The van der Waals surface area contributed by atoms with Gasteiger partial charge in [-0.25, -0.2) is 0 Å². The largest absolute Gasteiger partial charge is 0.495 e. The molecule has 2 atom stereocenters. The van der Waals surface area contributed by atoms with Gasteiger partial charge in [0, 0.05) is 57.6 Å². The summed E-state index contributed by atoms with van der Waals surface area (Å²) >= 11 is 7.32. The van der Waals surface area contributed by atoms with Gasteiger partial charge in [-0.2, -0.15) is 0 Å². The molecule has 6 rings (SSSR count). The van der Waals surface area contributed by atoms with Gasteiger partial charge in [-0.15, -0.1) is 38.9 Å². The number of terminal acetylenes is 2. The number of fused-ring (bicyclic) bond motifs is 1. The number of benzene rings is 1. The summed E-state index contributed by atoms with van der Waals surface area (Å²) in [6, 6.07) is 9.94. The van der Waals surface area contributed by atoms with Crippen LogP contribution in [0.25, 0.3) is 10.8 Å². The molecule has 1 aliphatic heterocycles. The number of pyridine rings is 2. The van der Waals surface area contributed by atoms with Gasteiger partial charge in [0.15, 0.2) is 0 Å². The molecule has 3 aromatic rings. The van der Waals surface area contributed by atoms with Crippen molar-refractivity contribution in [1.29, 1.82) is 0 Å². The van der Waals surface area contributed by atoms with Crippen LogP contribution in [-0.2, 0) is 14.4 Å². The van der Waals surface area contributed by atoms with Crippen LogP contribution in [0.4, 0.5) is 5.69 Å². The normalized spacial score (nSPS) is 15.4. The number of carbonyl (C=O) groups excluding carboxylic acids is 3. The molecular formula is C42H59ClN6O5S. The first-order valence-corrected chi connectivity index (χ1v) is 19.1. The van der Waals surface area contributed by atoms with Crippen molar-refractivity contribution < 1.29 is 19.1 Å². The minimum absolute atomic E-state index is 0.0344. The van der Waals surface area contributed by atoms with E-state index in [0.717, 1.165) is 67.1 Å². The minimum atomic E-state index is -0.196. The lowest BCUT2D eigenvalue weighted by Crippen LogP contribution is -2.43. The second kappa shape index (κ2) is 26.8. The van der Waals surface area contributed by atoms with Crippen LogP contribution < -0.4 is 25.7 Å². The summed E-state index contributed by atoms with van der Waals surface area (Å²) in [4.78, 5) is 51.7. The fourth-order valence-corrected chi connectivity index (χ4v) is 5.58. The van der Waals surface area contributed by atoms with Crippen molar-refractivity contribution in [2.75, 3.05) is 19.0 Å². The Bertz CT molecular complexity index is 1690. The molecule has 1 saturated heterocycles. The Morgan fingerprint density at radius 3 is 2.13 bits per heavy atom. The van der Waals surface area contributed by atoms with Gasteiger partial charge in [-0.3, -0.25) is 24.2 Å². The Balaban J connectivity index is 0.000000689. The maximum Gasteiger partial charge on any atom is 0.256 e. The molecule has 1 unspecified atom stereocenters. The molecule has 3 amide bonds. The number of hydrogen-bond donors (Lipinski definition) is 4. The topological polar surface area (TPSA) is 146 Å². The standard InChI is InChI=1S/C13H22N2.C10H8ClNO2.C9H14N2O2.C4H7NOS.C2H4.2C2H2/c1-9-7-12(8-10(2)14-9)15-11(3)13(4,5)6;1-14-9-5-12-10(13)8-4-6(11)2-3-7(8)9;12-6-11-5-1-2-8(11)9(13)10-7-3-4-7;6-3-5-7-4-1-2-4;3*1-2/h7-8,11H,1-6H3,(H,14,15);2-5H,1H3,(H,12,13);6-8H,1-5H2,(H,10,13);3-4H,1-2H2,(H,5,6);1-2H2;2*1-2H/t;;8-;;;;/m..0..../s1. The maximum absolute atomic E-state index is 11.6. The highest BCUT2D eigenvalue weighted by molar-refractivity contribution is 7.98. The molecule has 300 valence electrons. The molecule has 2 aromatic heterocycles. The number of amides is 3. The molecule has 0 spiro atoms. The fraction of sp³-hybridized carbons (Fsp3) is 0.452. The monoisotopic (exact) mass is 794 g/mol. The van der Waals surface area contributed by atoms with Crippen molar-refractivity contribution in [3.63, 3.8) is 0 Å². The maximum atomic E-state index is 11.6. The molecule has 3 aliphatic rings. The second-order valence-electron chi connectivity index (χ2n) is 13.6. The van der Waals surface area contributed by atoms with Crippen LogP contribution in [0.2, 0.25) is 5.02 Å². The minimum Gasteiger partial charge on any atom is -0.495 e. The summed E-state index contributed by atoms with van der Waals surface area (Å²) in [7, 11) is 1.56. The number of carbonyl (C=O) groups is 3. The number of halogens is 1. The third-order valence-corrected chi connectivity index (χ3v) is 9.54. The molecule has 55 heavy (non-hydrogen) atoms. The third kappa shape index (κ3) is 19.3. The van der Waals surface area contributed by atoms with E-state index >= 15 is 0 Å². The number of aromatic nitrogens is 2. The van der Waals surface area contributed by atoms with Gasteiger partial charge < -0.3 is 30.0 Å².